The van der Waals surface area contributed by atoms with E-state index in [-0.39, 0.29) is 11.8 Å². The van der Waals surface area contributed by atoms with Gasteiger partial charge in [0.25, 0.3) is 5.91 Å². The van der Waals surface area contributed by atoms with Crippen LogP contribution in [-0.2, 0) is 4.79 Å². The zero-order valence-electron chi connectivity index (χ0n) is 19.2. The molecule has 4 N–H and O–H groups in total. The van der Waals surface area contributed by atoms with E-state index in [4.69, 9.17) is 5.73 Å². The molecule has 1 fully saturated rings. The average molecular weight is 449 g/mol. The second kappa shape index (κ2) is 11.8. The summed E-state index contributed by atoms with van der Waals surface area (Å²) < 4.78 is 0. The lowest BCUT2D eigenvalue weighted by molar-refractivity contribution is -0.122. The molecular formula is C25H32N6O2. The van der Waals surface area contributed by atoms with E-state index in [2.05, 4.69) is 20.6 Å². The number of aliphatic imine (C=N–C) groups is 1. The summed E-state index contributed by atoms with van der Waals surface area (Å²) in [6.45, 7) is 0. The molecule has 1 unspecified atom stereocenters. The molecule has 0 aliphatic heterocycles. The van der Waals surface area contributed by atoms with E-state index in [1.165, 1.54) is 12.4 Å². The number of hydrogen-bond donors (Lipinski definition) is 3. The zero-order chi connectivity index (χ0) is 23.6. The van der Waals surface area contributed by atoms with Gasteiger partial charge in [-0.3, -0.25) is 19.6 Å². The number of allylic oxidation sites excluding steroid dienone is 1. The summed E-state index contributed by atoms with van der Waals surface area (Å²) >= 11 is 0. The summed E-state index contributed by atoms with van der Waals surface area (Å²) in [5, 5.41) is 5.71. The number of carbonyl (C=O) groups is 2. The van der Waals surface area contributed by atoms with Gasteiger partial charge in [0.15, 0.2) is 0 Å². The highest BCUT2D eigenvalue weighted by Crippen LogP contribution is 2.29. The van der Waals surface area contributed by atoms with E-state index < -0.39 is 6.04 Å². The third kappa shape index (κ3) is 6.65. The Morgan fingerprint density at radius 1 is 1.21 bits per heavy atom. The summed E-state index contributed by atoms with van der Waals surface area (Å²) in [6, 6.07) is 10.5. The Morgan fingerprint density at radius 3 is 2.61 bits per heavy atom. The number of nitrogens with zero attached hydrogens (tertiary/aromatic N) is 3. The molecule has 0 saturated heterocycles. The highest BCUT2D eigenvalue weighted by atomic mass is 16.2. The molecule has 0 bridgehead atoms. The maximum atomic E-state index is 13.1. The number of nitrogens with one attached hydrogen (secondary N) is 2. The normalized spacial score (nSPS) is 15.4. The van der Waals surface area contributed by atoms with E-state index in [0.29, 0.717) is 23.6 Å². The molecule has 1 aromatic carbocycles. The molecule has 8 nitrogen and oxygen atoms in total. The van der Waals surface area contributed by atoms with Crippen LogP contribution in [-0.4, -0.2) is 43.2 Å². The lowest BCUT2D eigenvalue weighted by atomic mass is 9.97. The van der Waals surface area contributed by atoms with Crippen molar-refractivity contribution in [2.45, 2.75) is 38.1 Å². The van der Waals surface area contributed by atoms with Crippen molar-refractivity contribution in [2.24, 2.45) is 16.6 Å². The first-order valence-corrected chi connectivity index (χ1v) is 11.2. The fourth-order valence-corrected chi connectivity index (χ4v) is 4.11. The number of amides is 2. The van der Waals surface area contributed by atoms with E-state index in [9.17, 15) is 9.59 Å². The monoisotopic (exact) mass is 448 g/mol. The lowest BCUT2D eigenvalue weighted by Gasteiger charge is -2.23. The van der Waals surface area contributed by atoms with Crippen LogP contribution >= 0.6 is 0 Å². The zero-order valence-corrected chi connectivity index (χ0v) is 19.2. The van der Waals surface area contributed by atoms with Crippen LogP contribution in [0, 0.1) is 5.92 Å². The van der Waals surface area contributed by atoms with E-state index >= 15 is 0 Å². The number of aromatic nitrogens is 1. The summed E-state index contributed by atoms with van der Waals surface area (Å²) in [6.07, 6.45) is 11.3. The van der Waals surface area contributed by atoms with Gasteiger partial charge in [-0.25, -0.2) is 0 Å². The largest absolute Gasteiger partial charge is 0.403 e. The molecule has 0 radical (unpaired) electrons. The summed E-state index contributed by atoms with van der Waals surface area (Å²) in [4.78, 5) is 36.1. The SMILES string of the molecule is CN=C/C(=C\N)NC(=O)C(CC1CCCC1)NC(=O)c1cccc(N(C)c2ccncc2)c1. The quantitative estimate of drug-likeness (QED) is 0.510. The highest BCUT2D eigenvalue weighted by molar-refractivity contribution is 5.99. The maximum Gasteiger partial charge on any atom is 0.252 e. The van der Waals surface area contributed by atoms with Crippen LogP contribution in [0.25, 0.3) is 0 Å². The van der Waals surface area contributed by atoms with Crippen LogP contribution in [0.15, 0.2) is 65.7 Å². The third-order valence-electron chi connectivity index (χ3n) is 5.93. The van der Waals surface area contributed by atoms with E-state index in [1.807, 2.05) is 42.3 Å². The van der Waals surface area contributed by atoms with Crippen molar-refractivity contribution in [3.8, 4) is 0 Å². The minimum atomic E-state index is -0.664. The minimum Gasteiger partial charge on any atom is -0.403 e. The van der Waals surface area contributed by atoms with Crippen molar-refractivity contribution in [2.75, 3.05) is 19.0 Å². The fourth-order valence-electron chi connectivity index (χ4n) is 4.11. The number of anilines is 2. The van der Waals surface area contributed by atoms with Crippen LogP contribution < -0.4 is 21.3 Å². The van der Waals surface area contributed by atoms with Crippen molar-refractivity contribution < 1.29 is 9.59 Å². The Hall–Kier alpha value is -3.68. The predicted molar refractivity (Wildman–Crippen MR) is 131 cm³/mol. The Balaban J connectivity index is 1.76. The number of benzene rings is 1. The van der Waals surface area contributed by atoms with Gasteiger partial charge in [0.2, 0.25) is 5.91 Å². The molecule has 1 aliphatic carbocycles. The van der Waals surface area contributed by atoms with Crippen LogP contribution in [0.4, 0.5) is 11.4 Å². The van der Waals surface area contributed by atoms with Gasteiger partial charge in [-0.2, -0.15) is 0 Å². The smallest absolute Gasteiger partial charge is 0.252 e. The summed E-state index contributed by atoms with van der Waals surface area (Å²) in [7, 11) is 3.53. The van der Waals surface area contributed by atoms with Gasteiger partial charge < -0.3 is 21.3 Å². The number of rotatable bonds is 9. The van der Waals surface area contributed by atoms with E-state index in [1.54, 1.807) is 25.5 Å². The van der Waals surface area contributed by atoms with Crippen LogP contribution in [0.5, 0.6) is 0 Å². The van der Waals surface area contributed by atoms with Gasteiger partial charge in [-0.15, -0.1) is 0 Å². The topological polar surface area (TPSA) is 113 Å². The first-order valence-electron chi connectivity index (χ1n) is 11.2. The average Bonchev–Trinajstić information content (AvgIpc) is 3.36. The number of hydrogen-bond acceptors (Lipinski definition) is 6. The van der Waals surface area contributed by atoms with Crippen molar-refractivity contribution in [3.63, 3.8) is 0 Å². The standard InChI is InChI=1S/C25H32N6O2/c1-27-17-20(16-26)29-25(33)23(14-18-6-3-4-7-18)30-24(32)19-8-5-9-22(15-19)31(2)21-10-12-28-13-11-21/h5,8-13,15-18,23H,3-4,6-7,14,26H2,1-2H3,(H,29,33)(H,30,32)/b20-16+,27-17?. The van der Waals surface area contributed by atoms with Crippen LogP contribution in [0.2, 0.25) is 0 Å². The fraction of sp³-hybridized carbons (Fsp3) is 0.360. The van der Waals surface area contributed by atoms with Gasteiger partial charge in [0.05, 0.1) is 5.70 Å². The Kier molecular flexibility index (Phi) is 8.57. The Labute approximate surface area is 195 Å². The first kappa shape index (κ1) is 24.0. The summed E-state index contributed by atoms with van der Waals surface area (Å²) in [5.74, 6) is -0.173. The molecule has 1 aliphatic rings. The van der Waals surface area contributed by atoms with Crippen LogP contribution in [0.1, 0.15) is 42.5 Å². The molecule has 8 heteroatoms. The second-order valence-electron chi connectivity index (χ2n) is 8.23. The van der Waals surface area contributed by atoms with Gasteiger partial charge >= 0.3 is 0 Å². The van der Waals surface area contributed by atoms with Crippen LogP contribution in [0.3, 0.4) is 0 Å². The van der Waals surface area contributed by atoms with Crippen molar-refractivity contribution in [3.05, 3.63) is 66.3 Å². The molecule has 1 saturated carbocycles. The van der Waals surface area contributed by atoms with Crippen molar-refractivity contribution >= 4 is 29.4 Å². The van der Waals surface area contributed by atoms with Crippen molar-refractivity contribution in [1.82, 2.24) is 15.6 Å². The van der Waals surface area contributed by atoms with Crippen molar-refractivity contribution in [1.29, 1.82) is 0 Å². The molecule has 3 rings (SSSR count). The number of carbonyl (C=O) groups excluding carboxylic acids is 2. The van der Waals surface area contributed by atoms with Gasteiger partial charge in [-0.05, 0) is 42.7 Å². The molecule has 33 heavy (non-hydrogen) atoms. The second-order valence-corrected chi connectivity index (χ2v) is 8.23. The number of pyridine rings is 1. The third-order valence-corrected chi connectivity index (χ3v) is 5.93. The highest BCUT2D eigenvalue weighted by Gasteiger charge is 2.27. The summed E-state index contributed by atoms with van der Waals surface area (Å²) in [5.41, 5.74) is 8.30. The maximum absolute atomic E-state index is 13.1. The molecule has 174 valence electrons. The molecule has 0 spiro atoms. The molecule has 1 aromatic heterocycles. The van der Waals surface area contributed by atoms with E-state index in [0.717, 1.165) is 37.1 Å². The molecule has 2 aromatic rings. The number of nitrogens with two attached hydrogens (primary N) is 1. The Morgan fingerprint density at radius 2 is 1.94 bits per heavy atom. The molecule has 1 heterocycles. The van der Waals surface area contributed by atoms with Gasteiger partial charge in [0.1, 0.15) is 6.04 Å². The van der Waals surface area contributed by atoms with Gasteiger partial charge in [-0.1, -0.05) is 31.7 Å². The minimum absolute atomic E-state index is 0.291. The molecular weight excluding hydrogens is 416 g/mol. The lowest BCUT2D eigenvalue weighted by Crippen LogP contribution is -2.47. The molecule has 2 amide bonds. The molecule has 1 atom stereocenters. The Bertz CT molecular complexity index is 999. The first-order chi connectivity index (χ1) is 16.0. The predicted octanol–water partition coefficient (Wildman–Crippen LogP) is 3.15. The van der Waals surface area contributed by atoms with Gasteiger partial charge in [0, 0.05) is 55.8 Å².